The standard InChI is InChI=1S/C20H27NO5/c1-5-15(22)17-18(14-9-6-7-10-16(14)26-13(2)3)21(11-8-12-25-4)20(24)19(17)23/h6-7,9-10,13,18,23H,5,8,11-12H2,1-4H3. The lowest BCUT2D eigenvalue weighted by atomic mass is 9.94. The van der Waals surface area contributed by atoms with Crippen molar-refractivity contribution in [2.24, 2.45) is 0 Å². The first-order valence-corrected chi connectivity index (χ1v) is 8.94. The highest BCUT2D eigenvalue weighted by Crippen LogP contribution is 2.42. The third-order valence-electron chi connectivity index (χ3n) is 4.25. The second-order valence-electron chi connectivity index (χ2n) is 6.49. The summed E-state index contributed by atoms with van der Waals surface area (Å²) in [6.07, 6.45) is 0.757. The van der Waals surface area contributed by atoms with Crippen LogP contribution in [0, 0.1) is 0 Å². The smallest absolute Gasteiger partial charge is 0.290 e. The SMILES string of the molecule is CCC(=O)C1=C(O)C(=O)N(CCCOC)C1c1ccccc1OC(C)C. The largest absolute Gasteiger partial charge is 0.503 e. The van der Waals surface area contributed by atoms with Gasteiger partial charge in [-0.15, -0.1) is 0 Å². The number of hydrogen-bond donors (Lipinski definition) is 1. The fourth-order valence-corrected chi connectivity index (χ4v) is 3.13. The van der Waals surface area contributed by atoms with Crippen LogP contribution in [0.2, 0.25) is 0 Å². The number of amides is 1. The predicted octanol–water partition coefficient (Wildman–Crippen LogP) is 3.18. The van der Waals surface area contributed by atoms with E-state index in [1.807, 2.05) is 38.1 Å². The van der Waals surface area contributed by atoms with Crippen molar-refractivity contribution in [3.63, 3.8) is 0 Å². The summed E-state index contributed by atoms with van der Waals surface area (Å²) < 4.78 is 11.0. The summed E-state index contributed by atoms with van der Waals surface area (Å²) in [5.74, 6) is -0.622. The van der Waals surface area contributed by atoms with Crippen LogP contribution >= 0.6 is 0 Å². The molecule has 1 N–H and O–H groups in total. The molecule has 6 heteroatoms. The number of nitrogens with zero attached hydrogens (tertiary/aromatic N) is 1. The highest BCUT2D eigenvalue weighted by atomic mass is 16.5. The van der Waals surface area contributed by atoms with E-state index in [9.17, 15) is 14.7 Å². The van der Waals surface area contributed by atoms with Crippen LogP contribution in [0.5, 0.6) is 5.75 Å². The lowest BCUT2D eigenvalue weighted by Crippen LogP contribution is -2.33. The maximum absolute atomic E-state index is 12.6. The van der Waals surface area contributed by atoms with Crippen LogP contribution < -0.4 is 4.74 Å². The van der Waals surface area contributed by atoms with Gasteiger partial charge in [-0.1, -0.05) is 25.1 Å². The van der Waals surface area contributed by atoms with Crippen LogP contribution in [0.1, 0.15) is 45.2 Å². The van der Waals surface area contributed by atoms with Crippen molar-refractivity contribution in [2.75, 3.05) is 20.3 Å². The highest BCUT2D eigenvalue weighted by molar-refractivity contribution is 6.08. The number of ketones is 1. The molecule has 1 atom stereocenters. The first-order valence-electron chi connectivity index (χ1n) is 8.94. The topological polar surface area (TPSA) is 76.1 Å². The molecule has 1 amide bonds. The average Bonchev–Trinajstić information content (AvgIpc) is 2.86. The molecule has 0 saturated heterocycles. The van der Waals surface area contributed by atoms with E-state index in [1.165, 1.54) is 4.90 Å². The van der Waals surface area contributed by atoms with E-state index in [0.29, 0.717) is 30.9 Å². The number of rotatable bonds is 9. The first kappa shape index (κ1) is 20.0. The Hall–Kier alpha value is -2.34. The van der Waals surface area contributed by atoms with Crippen molar-refractivity contribution in [1.29, 1.82) is 0 Å². The van der Waals surface area contributed by atoms with Gasteiger partial charge in [0, 0.05) is 32.2 Å². The Morgan fingerprint density at radius 1 is 1.31 bits per heavy atom. The monoisotopic (exact) mass is 361 g/mol. The zero-order valence-corrected chi connectivity index (χ0v) is 15.8. The minimum absolute atomic E-state index is 0.0573. The summed E-state index contributed by atoms with van der Waals surface area (Å²) in [7, 11) is 1.59. The molecule has 0 bridgehead atoms. The zero-order chi connectivity index (χ0) is 19.3. The number of ether oxygens (including phenoxy) is 2. The van der Waals surface area contributed by atoms with Crippen LogP contribution in [0.3, 0.4) is 0 Å². The van der Waals surface area contributed by atoms with Crippen molar-refractivity contribution in [2.45, 2.75) is 45.8 Å². The Kier molecular flexibility index (Phi) is 6.80. The Labute approximate surface area is 154 Å². The number of Topliss-reactive ketones (excluding diaryl/α,β-unsaturated/α-hetero) is 1. The van der Waals surface area contributed by atoms with Gasteiger partial charge in [-0.3, -0.25) is 9.59 Å². The minimum atomic E-state index is -0.651. The number of aliphatic hydroxyl groups excluding tert-OH is 1. The van der Waals surface area contributed by atoms with Crippen molar-refractivity contribution in [3.8, 4) is 5.75 Å². The number of methoxy groups -OCH3 is 1. The van der Waals surface area contributed by atoms with Crippen LogP contribution in [-0.2, 0) is 14.3 Å². The van der Waals surface area contributed by atoms with Crippen LogP contribution in [0.25, 0.3) is 0 Å². The summed E-state index contributed by atoms with van der Waals surface area (Å²) in [4.78, 5) is 26.7. The highest BCUT2D eigenvalue weighted by Gasteiger charge is 2.43. The van der Waals surface area contributed by atoms with E-state index in [0.717, 1.165) is 0 Å². The van der Waals surface area contributed by atoms with Crippen molar-refractivity contribution < 1.29 is 24.2 Å². The Balaban J connectivity index is 2.51. The average molecular weight is 361 g/mol. The quantitative estimate of drug-likeness (QED) is 0.684. The molecule has 1 unspecified atom stereocenters. The van der Waals surface area contributed by atoms with Gasteiger partial charge in [0.25, 0.3) is 5.91 Å². The van der Waals surface area contributed by atoms with Gasteiger partial charge < -0.3 is 19.5 Å². The summed E-state index contributed by atoms with van der Waals surface area (Å²) in [5, 5.41) is 10.4. The molecule has 142 valence electrons. The van der Waals surface area contributed by atoms with Crippen LogP contribution in [-0.4, -0.2) is 48.1 Å². The Morgan fingerprint density at radius 2 is 2.00 bits per heavy atom. The fourth-order valence-electron chi connectivity index (χ4n) is 3.13. The molecule has 1 aliphatic heterocycles. The van der Waals surface area contributed by atoms with Gasteiger partial charge in [0.2, 0.25) is 0 Å². The summed E-state index contributed by atoms with van der Waals surface area (Å²) >= 11 is 0. The molecule has 1 heterocycles. The number of hydrogen-bond acceptors (Lipinski definition) is 5. The van der Waals surface area contributed by atoms with Gasteiger partial charge in [0.15, 0.2) is 11.5 Å². The molecule has 6 nitrogen and oxygen atoms in total. The maximum atomic E-state index is 12.6. The molecular weight excluding hydrogens is 334 g/mol. The van der Waals surface area contributed by atoms with E-state index in [4.69, 9.17) is 9.47 Å². The molecule has 1 aromatic rings. The second kappa shape index (κ2) is 8.85. The lowest BCUT2D eigenvalue weighted by molar-refractivity contribution is -0.129. The third-order valence-corrected chi connectivity index (χ3v) is 4.25. The molecule has 0 fully saturated rings. The van der Waals surface area contributed by atoms with Crippen molar-refractivity contribution in [1.82, 2.24) is 4.90 Å². The summed E-state index contributed by atoms with van der Waals surface area (Å²) in [6, 6.07) is 6.68. The van der Waals surface area contributed by atoms with Gasteiger partial charge in [0.05, 0.1) is 17.7 Å². The van der Waals surface area contributed by atoms with Gasteiger partial charge >= 0.3 is 0 Å². The van der Waals surface area contributed by atoms with E-state index < -0.39 is 17.7 Å². The number of carbonyl (C=O) groups excluding carboxylic acids is 2. The van der Waals surface area contributed by atoms with E-state index >= 15 is 0 Å². The lowest BCUT2D eigenvalue weighted by Gasteiger charge is -2.28. The number of para-hydroxylation sites is 1. The predicted molar refractivity (Wildman–Crippen MR) is 98.1 cm³/mol. The normalized spacial score (nSPS) is 17.3. The number of carbonyl (C=O) groups is 2. The van der Waals surface area contributed by atoms with Crippen LogP contribution in [0.15, 0.2) is 35.6 Å². The molecule has 0 aliphatic carbocycles. The molecule has 26 heavy (non-hydrogen) atoms. The molecule has 1 aliphatic rings. The minimum Gasteiger partial charge on any atom is -0.503 e. The van der Waals surface area contributed by atoms with E-state index in [1.54, 1.807) is 14.0 Å². The van der Waals surface area contributed by atoms with Crippen molar-refractivity contribution >= 4 is 11.7 Å². The Morgan fingerprint density at radius 3 is 2.62 bits per heavy atom. The van der Waals surface area contributed by atoms with Gasteiger partial charge in [-0.05, 0) is 26.3 Å². The number of aliphatic hydroxyl groups is 1. The van der Waals surface area contributed by atoms with Gasteiger partial charge in [0.1, 0.15) is 5.75 Å². The molecule has 0 radical (unpaired) electrons. The molecule has 0 spiro atoms. The third kappa shape index (κ3) is 4.07. The van der Waals surface area contributed by atoms with E-state index in [2.05, 4.69) is 0 Å². The zero-order valence-electron chi connectivity index (χ0n) is 15.8. The van der Waals surface area contributed by atoms with E-state index in [-0.39, 0.29) is 23.9 Å². The number of benzene rings is 1. The van der Waals surface area contributed by atoms with Crippen LogP contribution in [0.4, 0.5) is 0 Å². The summed E-state index contributed by atoms with van der Waals surface area (Å²) in [6.45, 7) is 6.40. The molecular formula is C20H27NO5. The fraction of sp³-hybridized carbons (Fsp3) is 0.500. The van der Waals surface area contributed by atoms with Crippen molar-refractivity contribution in [3.05, 3.63) is 41.2 Å². The van der Waals surface area contributed by atoms with Gasteiger partial charge in [-0.2, -0.15) is 0 Å². The molecule has 0 aromatic heterocycles. The molecule has 1 aromatic carbocycles. The second-order valence-corrected chi connectivity index (χ2v) is 6.49. The molecule has 0 saturated carbocycles. The maximum Gasteiger partial charge on any atom is 0.290 e. The first-order chi connectivity index (χ1) is 12.4. The van der Waals surface area contributed by atoms with Gasteiger partial charge in [-0.25, -0.2) is 0 Å². The molecule has 2 rings (SSSR count). The Bertz CT molecular complexity index is 695. The summed E-state index contributed by atoms with van der Waals surface area (Å²) in [5.41, 5.74) is 0.850.